The van der Waals surface area contributed by atoms with Gasteiger partial charge >= 0.3 is 17.8 Å². The Morgan fingerprint density at radius 3 is 1.85 bits per heavy atom. The van der Waals surface area contributed by atoms with Gasteiger partial charge in [0.1, 0.15) is 0 Å². The molecule has 26 heavy (non-hydrogen) atoms. The van der Waals surface area contributed by atoms with E-state index < -0.39 is 29.7 Å². The molecule has 0 atom stereocenters. The van der Waals surface area contributed by atoms with E-state index in [-0.39, 0.29) is 19.1 Å². The van der Waals surface area contributed by atoms with Gasteiger partial charge in [0, 0.05) is 19.1 Å². The summed E-state index contributed by atoms with van der Waals surface area (Å²) in [7, 11) is 0. The number of nitrogens with zero attached hydrogens (tertiary/aromatic N) is 3. The summed E-state index contributed by atoms with van der Waals surface area (Å²) >= 11 is 0. The second kappa shape index (κ2) is 6.05. The monoisotopic (exact) mass is 355 g/mol. The summed E-state index contributed by atoms with van der Waals surface area (Å²) in [6, 6.07) is 5.57. The van der Waals surface area contributed by atoms with Crippen LogP contribution in [0.2, 0.25) is 0 Å². The highest BCUT2D eigenvalue weighted by Crippen LogP contribution is 2.28. The van der Waals surface area contributed by atoms with Crippen LogP contribution in [-0.2, 0) is 9.59 Å². The Balaban J connectivity index is 1.48. The second-order valence-electron chi connectivity index (χ2n) is 6.66. The first kappa shape index (κ1) is 16.4. The van der Waals surface area contributed by atoms with Crippen molar-refractivity contribution in [2.75, 3.05) is 13.1 Å². The summed E-state index contributed by atoms with van der Waals surface area (Å²) in [5.41, 5.74) is 0.612. The largest absolute Gasteiger partial charge is 0.334 e. The first-order valence-corrected chi connectivity index (χ1v) is 8.65. The first-order chi connectivity index (χ1) is 12.5. The summed E-state index contributed by atoms with van der Waals surface area (Å²) in [6.45, 7) is -0.312. The average Bonchev–Trinajstić information content (AvgIpc) is 3.29. The summed E-state index contributed by atoms with van der Waals surface area (Å²) in [5.74, 6) is -2.62. The van der Waals surface area contributed by atoms with Gasteiger partial charge in [0.25, 0.3) is 11.8 Å². The van der Waals surface area contributed by atoms with Gasteiger partial charge in [-0.15, -0.1) is 0 Å². The molecule has 1 aliphatic carbocycles. The lowest BCUT2D eigenvalue weighted by atomic mass is 10.1. The van der Waals surface area contributed by atoms with Crippen LogP contribution in [0.1, 0.15) is 46.4 Å². The molecule has 1 aromatic rings. The summed E-state index contributed by atoms with van der Waals surface area (Å²) in [4.78, 5) is 64.5. The number of fused-ring (bicyclic) bond motifs is 1. The number of hydrogen-bond acceptors (Lipinski definition) is 5. The molecule has 0 spiro atoms. The van der Waals surface area contributed by atoms with Crippen LogP contribution in [0.25, 0.3) is 0 Å². The number of urea groups is 1. The van der Waals surface area contributed by atoms with E-state index in [9.17, 15) is 24.0 Å². The van der Waals surface area contributed by atoms with Crippen molar-refractivity contribution in [1.82, 2.24) is 14.7 Å². The third-order valence-corrected chi connectivity index (χ3v) is 5.20. The normalized spacial score (nSPS) is 20.8. The Morgan fingerprint density at radius 2 is 1.27 bits per heavy atom. The molecule has 1 aromatic carbocycles. The van der Waals surface area contributed by atoms with Crippen LogP contribution in [0.3, 0.4) is 0 Å². The Kier molecular flexibility index (Phi) is 3.82. The van der Waals surface area contributed by atoms with E-state index in [1.807, 2.05) is 0 Å². The van der Waals surface area contributed by atoms with Crippen molar-refractivity contribution in [3.05, 3.63) is 35.4 Å². The molecule has 134 valence electrons. The fraction of sp³-hybridized carbons (Fsp3) is 0.389. The van der Waals surface area contributed by atoms with Crippen LogP contribution in [-0.4, -0.2) is 63.5 Å². The lowest BCUT2D eigenvalue weighted by Crippen LogP contribution is -2.43. The summed E-state index contributed by atoms with van der Waals surface area (Å²) in [6.07, 6.45) is 3.25. The molecule has 2 fully saturated rings. The van der Waals surface area contributed by atoms with Gasteiger partial charge in [-0.25, -0.2) is 4.79 Å². The first-order valence-electron chi connectivity index (χ1n) is 8.65. The molecule has 4 rings (SSSR count). The fourth-order valence-electron chi connectivity index (χ4n) is 3.85. The van der Waals surface area contributed by atoms with Crippen LogP contribution in [0, 0.1) is 0 Å². The van der Waals surface area contributed by atoms with Crippen LogP contribution < -0.4 is 0 Å². The SMILES string of the molecule is O=C1C(=O)N(C2CCCC2)C(=O)N1CCN1C(=O)c2ccccc2C1=O. The van der Waals surface area contributed by atoms with Crippen LogP contribution in [0.15, 0.2) is 24.3 Å². The fourth-order valence-corrected chi connectivity index (χ4v) is 3.85. The van der Waals surface area contributed by atoms with Crippen molar-refractivity contribution in [1.29, 1.82) is 0 Å². The van der Waals surface area contributed by atoms with E-state index >= 15 is 0 Å². The minimum Gasteiger partial charge on any atom is -0.273 e. The molecular weight excluding hydrogens is 338 g/mol. The van der Waals surface area contributed by atoms with Gasteiger partial charge in [-0.1, -0.05) is 25.0 Å². The van der Waals surface area contributed by atoms with Crippen LogP contribution in [0.4, 0.5) is 4.79 Å². The van der Waals surface area contributed by atoms with Gasteiger partial charge in [0.05, 0.1) is 11.1 Å². The zero-order valence-electron chi connectivity index (χ0n) is 14.0. The van der Waals surface area contributed by atoms with Crippen molar-refractivity contribution >= 4 is 29.7 Å². The number of carbonyl (C=O) groups is 5. The molecular formula is C18H17N3O5. The average molecular weight is 355 g/mol. The number of benzene rings is 1. The lowest BCUT2D eigenvalue weighted by molar-refractivity contribution is -0.144. The van der Waals surface area contributed by atoms with Crippen LogP contribution >= 0.6 is 0 Å². The van der Waals surface area contributed by atoms with Crippen molar-refractivity contribution in [3.8, 4) is 0 Å². The maximum absolute atomic E-state index is 12.5. The number of carbonyl (C=O) groups excluding carboxylic acids is 5. The zero-order chi connectivity index (χ0) is 18.4. The van der Waals surface area contributed by atoms with Crippen molar-refractivity contribution < 1.29 is 24.0 Å². The Labute approximate surface area is 149 Å². The highest BCUT2D eigenvalue weighted by atomic mass is 16.2. The number of imide groups is 3. The third-order valence-electron chi connectivity index (χ3n) is 5.20. The van der Waals surface area contributed by atoms with E-state index in [1.54, 1.807) is 24.3 Å². The molecule has 0 radical (unpaired) electrons. The Bertz CT molecular complexity index is 808. The van der Waals surface area contributed by atoms with E-state index in [4.69, 9.17) is 0 Å². The maximum atomic E-state index is 12.5. The topological polar surface area (TPSA) is 95.1 Å². The molecule has 0 bridgehead atoms. The number of hydrogen-bond donors (Lipinski definition) is 0. The van der Waals surface area contributed by atoms with Crippen molar-refractivity contribution in [3.63, 3.8) is 0 Å². The number of amides is 6. The minimum absolute atomic E-state index is 0.129. The molecule has 2 heterocycles. The minimum atomic E-state index is -0.890. The van der Waals surface area contributed by atoms with Crippen molar-refractivity contribution in [2.45, 2.75) is 31.7 Å². The predicted molar refractivity (Wildman–Crippen MR) is 88.0 cm³/mol. The van der Waals surface area contributed by atoms with Gasteiger partial charge in [-0.05, 0) is 25.0 Å². The second-order valence-corrected chi connectivity index (χ2v) is 6.66. The smallest absolute Gasteiger partial charge is 0.273 e. The molecule has 8 heteroatoms. The highest BCUT2D eigenvalue weighted by Gasteiger charge is 2.48. The van der Waals surface area contributed by atoms with Crippen molar-refractivity contribution in [2.24, 2.45) is 0 Å². The van der Waals surface area contributed by atoms with Gasteiger partial charge < -0.3 is 0 Å². The van der Waals surface area contributed by atoms with E-state index in [2.05, 4.69) is 0 Å². The quantitative estimate of drug-likeness (QED) is 0.456. The summed E-state index contributed by atoms with van der Waals surface area (Å²) < 4.78 is 0. The molecule has 0 aromatic heterocycles. The molecule has 3 aliphatic rings. The third kappa shape index (κ3) is 2.33. The molecule has 2 aliphatic heterocycles. The van der Waals surface area contributed by atoms with E-state index in [1.165, 1.54) is 0 Å². The van der Waals surface area contributed by atoms with Gasteiger partial charge in [0.15, 0.2) is 0 Å². The predicted octanol–water partition coefficient (Wildman–Crippen LogP) is 1.02. The zero-order valence-corrected chi connectivity index (χ0v) is 14.0. The highest BCUT2D eigenvalue weighted by molar-refractivity contribution is 6.44. The van der Waals surface area contributed by atoms with Gasteiger partial charge in [0.2, 0.25) is 0 Å². The lowest BCUT2D eigenvalue weighted by Gasteiger charge is -2.22. The van der Waals surface area contributed by atoms with E-state index in [0.717, 1.165) is 27.5 Å². The standard InChI is InChI=1S/C18H17N3O5/c22-14-12-7-3-4-8-13(12)15(23)19(14)9-10-20-16(24)17(25)21(18(20)26)11-5-1-2-6-11/h3-4,7-8,11H,1-2,5-6,9-10H2. The molecule has 1 saturated carbocycles. The maximum Gasteiger partial charge on any atom is 0.334 e. The van der Waals surface area contributed by atoms with E-state index in [0.29, 0.717) is 24.0 Å². The Morgan fingerprint density at radius 1 is 0.731 bits per heavy atom. The summed E-state index contributed by atoms with van der Waals surface area (Å²) in [5, 5.41) is 0. The number of rotatable bonds is 4. The molecule has 1 saturated heterocycles. The molecule has 0 unspecified atom stereocenters. The molecule has 6 amide bonds. The molecule has 8 nitrogen and oxygen atoms in total. The van der Waals surface area contributed by atoms with Gasteiger partial charge in [-0.2, -0.15) is 0 Å². The van der Waals surface area contributed by atoms with Crippen LogP contribution in [0.5, 0.6) is 0 Å². The Hall–Kier alpha value is -3.03. The molecule has 0 N–H and O–H groups in total. The van der Waals surface area contributed by atoms with Gasteiger partial charge in [-0.3, -0.25) is 33.9 Å².